The van der Waals surface area contributed by atoms with Crippen LogP contribution in [-0.4, -0.2) is 17.1 Å². The number of anilines is 1. The zero-order chi connectivity index (χ0) is 11.9. The minimum Gasteiger partial charge on any atom is -0.484 e. The van der Waals surface area contributed by atoms with Crippen LogP contribution in [0.25, 0.3) is 0 Å². The van der Waals surface area contributed by atoms with E-state index < -0.39 is 4.92 Å². The second kappa shape index (κ2) is 3.52. The lowest BCUT2D eigenvalue weighted by Gasteiger charge is -2.33. The number of fused-ring (bicyclic) bond motifs is 1. The second-order valence-corrected chi connectivity index (χ2v) is 4.68. The highest BCUT2D eigenvalue weighted by Crippen LogP contribution is 2.39. The van der Waals surface area contributed by atoms with Crippen molar-refractivity contribution >= 4 is 23.0 Å². The van der Waals surface area contributed by atoms with Crippen LogP contribution in [0.3, 0.4) is 0 Å². The Morgan fingerprint density at radius 3 is 2.88 bits per heavy atom. The van der Waals surface area contributed by atoms with Crippen LogP contribution in [0, 0.1) is 10.1 Å². The van der Waals surface area contributed by atoms with E-state index in [0.29, 0.717) is 18.0 Å². The van der Waals surface area contributed by atoms with Gasteiger partial charge in [-0.15, -0.1) is 0 Å². The van der Waals surface area contributed by atoms with Crippen LogP contribution < -0.4 is 10.1 Å². The summed E-state index contributed by atoms with van der Waals surface area (Å²) in [6.07, 6.45) is 0. The molecule has 5 nitrogen and oxygen atoms in total. The quantitative estimate of drug-likeness (QED) is 0.608. The van der Waals surface area contributed by atoms with Crippen LogP contribution in [0.2, 0.25) is 5.02 Å². The van der Waals surface area contributed by atoms with Crippen molar-refractivity contribution in [3.05, 3.63) is 27.3 Å². The van der Waals surface area contributed by atoms with Gasteiger partial charge in [-0.3, -0.25) is 10.1 Å². The molecule has 1 aliphatic heterocycles. The SMILES string of the molecule is CC1(C)CNc2cc(Cl)c([N+](=O)[O-])cc2O1. The van der Waals surface area contributed by atoms with Crippen molar-refractivity contribution in [3.63, 3.8) is 0 Å². The number of nitrogens with zero attached hydrogens (tertiary/aromatic N) is 1. The fourth-order valence-electron chi connectivity index (χ4n) is 1.55. The maximum absolute atomic E-state index is 10.7. The number of hydrogen-bond acceptors (Lipinski definition) is 4. The predicted octanol–water partition coefficient (Wildman–Crippen LogP) is 2.83. The van der Waals surface area contributed by atoms with Crippen LogP contribution in [-0.2, 0) is 0 Å². The normalized spacial score (nSPS) is 16.9. The third-order valence-electron chi connectivity index (χ3n) is 2.34. The molecule has 0 saturated carbocycles. The average molecular weight is 243 g/mol. The smallest absolute Gasteiger partial charge is 0.291 e. The topological polar surface area (TPSA) is 64.4 Å². The molecule has 6 heteroatoms. The lowest BCUT2D eigenvalue weighted by atomic mass is 10.1. The van der Waals surface area contributed by atoms with Crippen LogP contribution in [0.5, 0.6) is 5.75 Å². The summed E-state index contributed by atoms with van der Waals surface area (Å²) in [5.41, 5.74) is 0.171. The van der Waals surface area contributed by atoms with Crippen molar-refractivity contribution in [2.45, 2.75) is 19.4 Å². The number of nitro benzene ring substituents is 1. The summed E-state index contributed by atoms with van der Waals surface area (Å²) in [6.45, 7) is 4.45. The summed E-state index contributed by atoms with van der Waals surface area (Å²) in [6, 6.07) is 2.87. The highest BCUT2D eigenvalue weighted by molar-refractivity contribution is 6.33. The van der Waals surface area contributed by atoms with Crippen molar-refractivity contribution in [1.29, 1.82) is 0 Å². The molecule has 0 amide bonds. The molecule has 1 aromatic carbocycles. The number of rotatable bonds is 1. The van der Waals surface area contributed by atoms with Gasteiger partial charge in [-0.1, -0.05) is 11.6 Å². The Balaban J connectivity index is 2.48. The van der Waals surface area contributed by atoms with E-state index in [-0.39, 0.29) is 16.3 Å². The highest BCUT2D eigenvalue weighted by Gasteiger charge is 2.29. The third-order valence-corrected chi connectivity index (χ3v) is 2.64. The molecule has 86 valence electrons. The van der Waals surface area contributed by atoms with E-state index in [1.54, 1.807) is 0 Å². The van der Waals surface area contributed by atoms with Crippen molar-refractivity contribution in [3.8, 4) is 5.75 Å². The monoisotopic (exact) mass is 242 g/mol. The van der Waals surface area contributed by atoms with Crippen LogP contribution in [0.15, 0.2) is 12.1 Å². The Bertz CT molecular complexity index is 460. The van der Waals surface area contributed by atoms with Gasteiger partial charge in [0.05, 0.1) is 23.2 Å². The summed E-state index contributed by atoms with van der Waals surface area (Å²) in [7, 11) is 0. The van der Waals surface area contributed by atoms with E-state index in [4.69, 9.17) is 16.3 Å². The molecule has 0 fully saturated rings. The summed E-state index contributed by atoms with van der Waals surface area (Å²) in [4.78, 5) is 10.2. The maximum atomic E-state index is 10.7. The first-order chi connectivity index (χ1) is 7.39. The molecule has 0 radical (unpaired) electrons. The summed E-state index contributed by atoms with van der Waals surface area (Å²) < 4.78 is 5.64. The average Bonchev–Trinajstić information content (AvgIpc) is 2.16. The molecule has 0 atom stereocenters. The lowest BCUT2D eigenvalue weighted by molar-refractivity contribution is -0.384. The molecule has 0 unspecified atom stereocenters. The highest BCUT2D eigenvalue weighted by atomic mass is 35.5. The molecule has 2 rings (SSSR count). The van der Waals surface area contributed by atoms with E-state index in [1.807, 2.05) is 13.8 Å². The van der Waals surface area contributed by atoms with Crippen LogP contribution in [0.1, 0.15) is 13.8 Å². The second-order valence-electron chi connectivity index (χ2n) is 4.27. The van der Waals surface area contributed by atoms with Gasteiger partial charge >= 0.3 is 0 Å². The maximum Gasteiger partial charge on any atom is 0.291 e. The molecule has 1 heterocycles. The molecule has 0 spiro atoms. The molecule has 0 bridgehead atoms. The molecule has 0 aromatic heterocycles. The summed E-state index contributed by atoms with van der Waals surface area (Å²) in [5, 5.41) is 14.0. The summed E-state index contributed by atoms with van der Waals surface area (Å²) in [5.74, 6) is 0.465. The minimum atomic E-state index is -0.520. The molecule has 1 aromatic rings. The van der Waals surface area contributed by atoms with Gasteiger partial charge in [-0.2, -0.15) is 0 Å². The Hall–Kier alpha value is -1.49. The number of ether oxygens (including phenoxy) is 1. The Morgan fingerprint density at radius 2 is 2.25 bits per heavy atom. The van der Waals surface area contributed by atoms with Crippen molar-refractivity contribution in [2.75, 3.05) is 11.9 Å². The van der Waals surface area contributed by atoms with Gasteiger partial charge < -0.3 is 10.1 Å². The van der Waals surface area contributed by atoms with E-state index in [9.17, 15) is 10.1 Å². The van der Waals surface area contributed by atoms with Crippen molar-refractivity contribution < 1.29 is 9.66 Å². The van der Waals surface area contributed by atoms with E-state index in [0.717, 1.165) is 0 Å². The van der Waals surface area contributed by atoms with Gasteiger partial charge in [0.15, 0.2) is 0 Å². The Morgan fingerprint density at radius 1 is 1.56 bits per heavy atom. The third kappa shape index (κ3) is 1.90. The number of nitrogens with one attached hydrogen (secondary N) is 1. The largest absolute Gasteiger partial charge is 0.484 e. The zero-order valence-electron chi connectivity index (χ0n) is 8.91. The fraction of sp³-hybridized carbons (Fsp3) is 0.400. The fourth-order valence-corrected chi connectivity index (χ4v) is 1.78. The standard InChI is InChI=1S/C10H11ClN2O3/c1-10(2)5-12-7-3-6(11)8(13(14)15)4-9(7)16-10/h3-4,12H,5H2,1-2H3. The van der Waals surface area contributed by atoms with Gasteiger partial charge in [0.25, 0.3) is 5.69 Å². The van der Waals surface area contributed by atoms with Crippen LogP contribution in [0.4, 0.5) is 11.4 Å². The first kappa shape index (κ1) is 11.0. The molecular formula is C10H11ClN2O3. The van der Waals surface area contributed by atoms with Gasteiger partial charge in [-0.05, 0) is 19.9 Å². The van der Waals surface area contributed by atoms with Crippen molar-refractivity contribution in [1.82, 2.24) is 0 Å². The molecule has 1 N–H and O–H groups in total. The minimum absolute atomic E-state index is 0.111. The zero-order valence-corrected chi connectivity index (χ0v) is 9.67. The van der Waals surface area contributed by atoms with Gasteiger partial charge in [0, 0.05) is 0 Å². The van der Waals surface area contributed by atoms with E-state index in [2.05, 4.69) is 5.32 Å². The predicted molar refractivity (Wildman–Crippen MR) is 61.3 cm³/mol. The molecule has 0 saturated heterocycles. The summed E-state index contributed by atoms with van der Waals surface area (Å²) >= 11 is 5.79. The van der Waals surface area contributed by atoms with Gasteiger partial charge in [0.2, 0.25) is 0 Å². The lowest BCUT2D eigenvalue weighted by Crippen LogP contribution is -2.40. The first-order valence-corrected chi connectivity index (χ1v) is 5.18. The Kier molecular flexibility index (Phi) is 2.42. The Labute approximate surface area is 97.5 Å². The number of benzene rings is 1. The number of hydrogen-bond donors (Lipinski definition) is 1. The molecule has 1 aliphatic rings. The molecular weight excluding hydrogens is 232 g/mol. The first-order valence-electron chi connectivity index (χ1n) is 4.80. The number of halogens is 1. The number of nitro groups is 1. The van der Waals surface area contributed by atoms with Gasteiger partial charge in [-0.25, -0.2) is 0 Å². The molecule has 16 heavy (non-hydrogen) atoms. The molecule has 0 aliphatic carbocycles. The van der Waals surface area contributed by atoms with Gasteiger partial charge in [0.1, 0.15) is 16.4 Å². The van der Waals surface area contributed by atoms with E-state index >= 15 is 0 Å². The van der Waals surface area contributed by atoms with E-state index in [1.165, 1.54) is 12.1 Å². The van der Waals surface area contributed by atoms with Crippen molar-refractivity contribution in [2.24, 2.45) is 0 Å². The van der Waals surface area contributed by atoms with Crippen LogP contribution >= 0.6 is 11.6 Å².